The van der Waals surface area contributed by atoms with Crippen molar-refractivity contribution in [2.45, 2.75) is 56.5 Å². The van der Waals surface area contributed by atoms with Gasteiger partial charge in [0.1, 0.15) is 0 Å². The fourth-order valence-electron chi connectivity index (χ4n) is 3.83. The van der Waals surface area contributed by atoms with Crippen molar-refractivity contribution in [3.8, 4) is 0 Å². The number of aromatic nitrogens is 3. The standard InChI is InChI=1S/C19H24N4O3S/c1-13-8-9-14-5-2-3-7-16(14)23(13)17(24)12-27-19-21-20-18(25)22(19)11-15-6-4-10-26-15/h2-3,5,7,13,15H,4,6,8-12H2,1H3,(H,20,25)/t13-,15+/m0/s1. The van der Waals surface area contributed by atoms with Gasteiger partial charge in [0.05, 0.1) is 18.4 Å². The first-order valence-corrected chi connectivity index (χ1v) is 10.4. The van der Waals surface area contributed by atoms with E-state index < -0.39 is 0 Å². The van der Waals surface area contributed by atoms with Gasteiger partial charge < -0.3 is 9.64 Å². The van der Waals surface area contributed by atoms with E-state index in [0.717, 1.165) is 38.0 Å². The lowest BCUT2D eigenvalue weighted by Gasteiger charge is -2.35. The van der Waals surface area contributed by atoms with Crippen molar-refractivity contribution in [3.05, 3.63) is 40.3 Å². The van der Waals surface area contributed by atoms with E-state index >= 15 is 0 Å². The van der Waals surface area contributed by atoms with Crippen LogP contribution in [0.2, 0.25) is 0 Å². The normalized spacial score (nSPS) is 22.0. The highest BCUT2D eigenvalue weighted by Crippen LogP contribution is 2.31. The maximum atomic E-state index is 13.0. The van der Waals surface area contributed by atoms with Crippen LogP contribution in [0.3, 0.4) is 0 Å². The molecule has 2 aliphatic heterocycles. The van der Waals surface area contributed by atoms with Crippen LogP contribution in [-0.2, 0) is 22.5 Å². The quantitative estimate of drug-likeness (QED) is 0.795. The van der Waals surface area contributed by atoms with Crippen LogP contribution < -0.4 is 10.6 Å². The van der Waals surface area contributed by atoms with Crippen LogP contribution in [-0.4, -0.2) is 45.2 Å². The van der Waals surface area contributed by atoms with Crippen molar-refractivity contribution in [2.24, 2.45) is 0 Å². The number of benzene rings is 1. The van der Waals surface area contributed by atoms with Gasteiger partial charge in [0, 0.05) is 18.3 Å². The first-order chi connectivity index (χ1) is 13.1. The second-order valence-corrected chi connectivity index (χ2v) is 8.07. The third kappa shape index (κ3) is 3.82. The Hall–Kier alpha value is -2.06. The van der Waals surface area contributed by atoms with Crippen molar-refractivity contribution in [2.75, 3.05) is 17.3 Å². The number of aryl methyl sites for hydroxylation is 1. The molecule has 1 amide bonds. The van der Waals surface area contributed by atoms with E-state index in [0.29, 0.717) is 11.7 Å². The molecule has 2 aromatic rings. The number of carbonyl (C=O) groups excluding carboxylic acids is 1. The van der Waals surface area contributed by atoms with Crippen LogP contribution >= 0.6 is 11.8 Å². The minimum absolute atomic E-state index is 0.0405. The predicted molar refractivity (Wildman–Crippen MR) is 104 cm³/mol. The number of hydrogen-bond donors (Lipinski definition) is 1. The number of nitrogens with one attached hydrogen (secondary N) is 1. The number of H-pyrrole nitrogens is 1. The lowest BCUT2D eigenvalue weighted by Crippen LogP contribution is -2.43. The Morgan fingerprint density at radius 3 is 3.04 bits per heavy atom. The summed E-state index contributed by atoms with van der Waals surface area (Å²) in [5, 5.41) is 7.14. The Labute approximate surface area is 162 Å². The molecule has 0 unspecified atom stereocenters. The van der Waals surface area contributed by atoms with Crippen LogP contribution in [0, 0.1) is 0 Å². The van der Waals surface area contributed by atoms with Gasteiger partial charge >= 0.3 is 5.69 Å². The molecule has 144 valence electrons. The van der Waals surface area contributed by atoms with Gasteiger partial charge in [-0.05, 0) is 44.2 Å². The Morgan fingerprint density at radius 1 is 1.37 bits per heavy atom. The highest BCUT2D eigenvalue weighted by atomic mass is 32.2. The zero-order chi connectivity index (χ0) is 18.8. The second kappa shape index (κ2) is 7.90. The van der Waals surface area contributed by atoms with Crippen LogP contribution in [0.1, 0.15) is 31.7 Å². The van der Waals surface area contributed by atoms with Crippen LogP contribution in [0.5, 0.6) is 0 Å². The number of nitrogens with zero attached hydrogens (tertiary/aromatic N) is 3. The lowest BCUT2D eigenvalue weighted by atomic mass is 9.97. The number of rotatable bonds is 5. The van der Waals surface area contributed by atoms with Gasteiger partial charge in [0.2, 0.25) is 5.91 Å². The highest BCUT2D eigenvalue weighted by Gasteiger charge is 2.28. The van der Waals surface area contributed by atoms with Gasteiger partial charge in [-0.1, -0.05) is 30.0 Å². The molecule has 0 bridgehead atoms. The molecule has 8 heteroatoms. The molecule has 2 atom stereocenters. The van der Waals surface area contributed by atoms with E-state index in [1.54, 1.807) is 4.57 Å². The van der Waals surface area contributed by atoms with Crippen molar-refractivity contribution in [1.29, 1.82) is 0 Å². The van der Waals surface area contributed by atoms with E-state index in [-0.39, 0.29) is 29.5 Å². The molecule has 1 aromatic heterocycles. The maximum absolute atomic E-state index is 13.0. The van der Waals surface area contributed by atoms with Gasteiger partial charge in [0.15, 0.2) is 5.16 Å². The number of thioether (sulfide) groups is 1. The van der Waals surface area contributed by atoms with Crippen LogP contribution in [0.25, 0.3) is 0 Å². The average Bonchev–Trinajstić information content (AvgIpc) is 3.31. The topological polar surface area (TPSA) is 80.2 Å². The molecule has 1 saturated heterocycles. The van der Waals surface area contributed by atoms with Crippen molar-refractivity contribution < 1.29 is 9.53 Å². The Kier molecular flexibility index (Phi) is 5.36. The molecule has 1 N–H and O–H groups in total. The fraction of sp³-hybridized carbons (Fsp3) is 0.526. The van der Waals surface area contributed by atoms with Gasteiger partial charge in [-0.2, -0.15) is 0 Å². The van der Waals surface area contributed by atoms with Crippen molar-refractivity contribution in [3.63, 3.8) is 0 Å². The van der Waals surface area contributed by atoms with Crippen molar-refractivity contribution >= 4 is 23.4 Å². The molecule has 3 heterocycles. The molecule has 0 aliphatic carbocycles. The van der Waals surface area contributed by atoms with E-state index in [1.807, 2.05) is 23.1 Å². The molecule has 27 heavy (non-hydrogen) atoms. The molecule has 4 rings (SSSR count). The molecule has 0 spiro atoms. The summed E-state index contributed by atoms with van der Waals surface area (Å²) in [6.45, 7) is 3.31. The third-order valence-corrected chi connectivity index (χ3v) is 6.21. The highest BCUT2D eigenvalue weighted by molar-refractivity contribution is 7.99. The van der Waals surface area contributed by atoms with Gasteiger partial charge in [-0.25, -0.2) is 9.89 Å². The van der Waals surface area contributed by atoms with Gasteiger partial charge in [-0.15, -0.1) is 5.10 Å². The average molecular weight is 388 g/mol. The molecule has 0 radical (unpaired) electrons. The molecule has 1 fully saturated rings. The SMILES string of the molecule is C[C@H]1CCc2ccccc2N1C(=O)CSc1n[nH]c(=O)n1C[C@H]1CCCO1. The van der Waals surface area contributed by atoms with E-state index in [2.05, 4.69) is 23.2 Å². The number of fused-ring (bicyclic) bond motifs is 1. The van der Waals surface area contributed by atoms with Crippen LogP contribution in [0.4, 0.5) is 5.69 Å². The van der Waals surface area contributed by atoms with Gasteiger partial charge in [0.25, 0.3) is 0 Å². The number of carbonyl (C=O) groups is 1. The minimum Gasteiger partial charge on any atom is -0.376 e. The summed E-state index contributed by atoms with van der Waals surface area (Å²) in [5.41, 5.74) is 1.96. The smallest absolute Gasteiger partial charge is 0.344 e. The summed E-state index contributed by atoms with van der Waals surface area (Å²) in [6.07, 6.45) is 3.96. The monoisotopic (exact) mass is 388 g/mol. The summed E-state index contributed by atoms with van der Waals surface area (Å²) in [7, 11) is 0. The first kappa shape index (κ1) is 18.3. The third-order valence-electron chi connectivity index (χ3n) is 5.25. The van der Waals surface area contributed by atoms with Crippen LogP contribution in [0.15, 0.2) is 34.2 Å². The maximum Gasteiger partial charge on any atom is 0.344 e. The zero-order valence-corrected chi connectivity index (χ0v) is 16.2. The van der Waals surface area contributed by atoms with E-state index in [4.69, 9.17) is 4.74 Å². The summed E-state index contributed by atoms with van der Waals surface area (Å²) >= 11 is 1.30. The molecule has 1 aromatic carbocycles. The molecular formula is C19H24N4O3S. The summed E-state index contributed by atoms with van der Waals surface area (Å²) < 4.78 is 7.21. The van der Waals surface area contributed by atoms with E-state index in [1.165, 1.54) is 17.3 Å². The fourth-order valence-corrected chi connectivity index (χ4v) is 4.65. The Morgan fingerprint density at radius 2 is 2.22 bits per heavy atom. The number of ether oxygens (including phenoxy) is 1. The Balaban J connectivity index is 1.46. The van der Waals surface area contributed by atoms with Crippen molar-refractivity contribution in [1.82, 2.24) is 14.8 Å². The summed E-state index contributed by atoms with van der Waals surface area (Å²) in [6, 6.07) is 8.25. The summed E-state index contributed by atoms with van der Waals surface area (Å²) in [5.74, 6) is 0.285. The first-order valence-electron chi connectivity index (χ1n) is 9.43. The van der Waals surface area contributed by atoms with E-state index in [9.17, 15) is 9.59 Å². The number of aromatic amines is 1. The lowest BCUT2D eigenvalue weighted by molar-refractivity contribution is -0.116. The number of para-hydroxylation sites is 1. The second-order valence-electron chi connectivity index (χ2n) is 7.13. The minimum atomic E-state index is -0.253. The molecular weight excluding hydrogens is 364 g/mol. The Bertz CT molecular complexity index is 872. The van der Waals surface area contributed by atoms with Gasteiger partial charge in [-0.3, -0.25) is 9.36 Å². The number of anilines is 1. The number of hydrogen-bond acceptors (Lipinski definition) is 5. The summed E-state index contributed by atoms with van der Waals surface area (Å²) in [4.78, 5) is 26.9. The molecule has 7 nitrogen and oxygen atoms in total. The molecule has 0 saturated carbocycles. The zero-order valence-electron chi connectivity index (χ0n) is 15.4. The largest absolute Gasteiger partial charge is 0.376 e. The number of amides is 1. The molecule has 2 aliphatic rings. The predicted octanol–water partition coefficient (Wildman–Crippen LogP) is 2.21.